The second kappa shape index (κ2) is 28.1. The van der Waals surface area contributed by atoms with Gasteiger partial charge in [-0.15, -0.1) is 6.58 Å². The monoisotopic (exact) mass is 558 g/mol. The maximum atomic E-state index is 10.6. The number of carbonyl (C=O) groups is 1. The first-order valence-electron chi connectivity index (χ1n) is 14.0. The van der Waals surface area contributed by atoms with Crippen LogP contribution in [0, 0.1) is 0 Å². The van der Waals surface area contributed by atoms with Gasteiger partial charge in [0.15, 0.2) is 0 Å². The highest BCUT2D eigenvalue weighted by atomic mass is 35.5. The van der Waals surface area contributed by atoms with Gasteiger partial charge < -0.3 is 15.7 Å². The number of carboxylic acids is 1. The van der Waals surface area contributed by atoms with Crippen molar-refractivity contribution in [2.75, 3.05) is 25.0 Å². The topological polar surface area (TPSA) is 87.1 Å². The van der Waals surface area contributed by atoms with Crippen molar-refractivity contribution in [3.05, 3.63) is 76.7 Å². The lowest BCUT2D eigenvalue weighted by atomic mass is 10.1. The van der Waals surface area contributed by atoms with Gasteiger partial charge >= 0.3 is 5.97 Å². The second-order valence-electron chi connectivity index (χ2n) is 7.97. The van der Waals surface area contributed by atoms with Gasteiger partial charge in [0.05, 0.1) is 22.1 Å². The van der Waals surface area contributed by atoms with Crippen LogP contribution in [0.2, 0.25) is 0 Å². The van der Waals surface area contributed by atoms with Crippen molar-refractivity contribution in [2.24, 2.45) is 0 Å². The molecule has 3 N–H and O–H groups in total. The molecule has 0 saturated heterocycles. The van der Waals surface area contributed by atoms with Crippen molar-refractivity contribution in [2.45, 2.75) is 80.1 Å². The third kappa shape index (κ3) is 20.6. The molecule has 218 valence electrons. The summed E-state index contributed by atoms with van der Waals surface area (Å²) in [6.07, 6.45) is 11.7. The van der Waals surface area contributed by atoms with Gasteiger partial charge in [0.25, 0.3) is 0 Å². The quantitative estimate of drug-likeness (QED) is 0.192. The summed E-state index contributed by atoms with van der Waals surface area (Å²) in [6, 6.07) is 10.2. The third-order valence-electron chi connectivity index (χ3n) is 4.96. The Bertz CT molecular complexity index is 1020. The Morgan fingerprint density at radius 1 is 1.03 bits per heavy atom. The largest absolute Gasteiger partial charge is 0.481 e. The average molecular weight is 559 g/mol. The zero-order chi connectivity index (χ0) is 29.7. The molecule has 0 spiro atoms. The highest BCUT2D eigenvalue weighted by Crippen LogP contribution is 2.07. The second-order valence-corrected chi connectivity index (χ2v) is 8.22. The van der Waals surface area contributed by atoms with E-state index < -0.39 is 5.97 Å². The van der Waals surface area contributed by atoms with Crippen LogP contribution in [-0.2, 0) is 17.6 Å². The maximum absolute atomic E-state index is 10.6. The fourth-order valence-electron chi connectivity index (χ4n) is 3.21. The highest BCUT2D eigenvalue weighted by molar-refractivity contribution is 6.25. The number of halogens is 1. The summed E-state index contributed by atoms with van der Waals surface area (Å²) in [5, 5.41) is 17.1. The van der Waals surface area contributed by atoms with Crippen LogP contribution in [-0.4, -0.2) is 40.7 Å². The summed E-state index contributed by atoms with van der Waals surface area (Å²) in [4.78, 5) is 20.2. The van der Waals surface area contributed by atoms with Crippen molar-refractivity contribution in [1.82, 2.24) is 15.3 Å². The van der Waals surface area contributed by atoms with Crippen LogP contribution in [0.15, 0.2) is 54.6 Å². The molecule has 0 fully saturated rings. The molecule has 0 aliphatic heterocycles. The van der Waals surface area contributed by atoms with Crippen molar-refractivity contribution in [3.63, 3.8) is 0 Å². The summed E-state index contributed by atoms with van der Waals surface area (Å²) in [6.45, 7) is 18.7. The average Bonchev–Trinajstić information content (AvgIpc) is 2.96. The fraction of sp³-hybridized carbons (Fsp3) is 0.469. The Kier molecular flexibility index (Phi) is 27.5. The molecule has 0 amide bonds. The molecule has 0 atom stereocenters. The number of rotatable bonds is 13. The van der Waals surface area contributed by atoms with E-state index in [1.807, 2.05) is 58.0 Å². The molecule has 1 aromatic carbocycles. The molecule has 0 radical (unpaired) electrons. The van der Waals surface area contributed by atoms with Gasteiger partial charge in [-0.3, -0.25) is 4.79 Å². The number of carboxylic acid groups (broad SMARTS) is 1. The van der Waals surface area contributed by atoms with Gasteiger partial charge in [-0.05, 0) is 77.2 Å². The molecule has 0 saturated carbocycles. The van der Waals surface area contributed by atoms with Crippen LogP contribution >= 0.6 is 11.6 Å². The first kappa shape index (κ1) is 38.2. The Balaban J connectivity index is 0. The molecule has 1 aromatic heterocycles. The Labute approximate surface area is 242 Å². The van der Waals surface area contributed by atoms with E-state index in [0.29, 0.717) is 12.8 Å². The molecule has 0 aliphatic rings. The summed E-state index contributed by atoms with van der Waals surface area (Å²) >= 11 is 5.01. The van der Waals surface area contributed by atoms with Crippen LogP contribution in [0.3, 0.4) is 0 Å². The standard InChI is InChI=1S/C19H29N3O2.C8H11N.C3H5Cl.C2H6/c1-4-10-16-18(11-7-8-13-19(23)24)22-17(15(5-2)21-16)12-9-14-20-6-3;1-2-9-8-6-4-3-5-7-8;1-2-3-4;1-2/h4-5,12,20H,1,6-11,13-14H2,2-3H3,(H,23,24);3-7,9H,2H2,1H3;2-3H,1H3;1-2H3/b15-5+,17-12+;;3-2+;. The van der Waals surface area contributed by atoms with Crippen LogP contribution in [0.1, 0.15) is 78.6 Å². The number of anilines is 1. The van der Waals surface area contributed by atoms with E-state index in [9.17, 15) is 4.79 Å². The number of hydrogen-bond acceptors (Lipinski definition) is 5. The highest BCUT2D eigenvalue weighted by Gasteiger charge is 2.07. The molecule has 39 heavy (non-hydrogen) atoms. The van der Waals surface area contributed by atoms with Gasteiger partial charge in [0.1, 0.15) is 0 Å². The van der Waals surface area contributed by atoms with E-state index in [4.69, 9.17) is 26.7 Å². The number of nitrogens with one attached hydrogen (secondary N) is 2. The summed E-state index contributed by atoms with van der Waals surface area (Å²) in [5.41, 5.74) is 4.57. The summed E-state index contributed by atoms with van der Waals surface area (Å²) in [7, 11) is 0. The molecule has 7 heteroatoms. The molecular formula is C32H51ClN4O2. The number of nitrogens with zero attached hydrogens (tertiary/aromatic N) is 2. The molecule has 6 nitrogen and oxygen atoms in total. The van der Waals surface area contributed by atoms with E-state index in [0.717, 1.165) is 61.0 Å². The van der Waals surface area contributed by atoms with Crippen molar-refractivity contribution in [3.8, 4) is 0 Å². The molecule has 1 heterocycles. The normalized spacial score (nSPS) is 10.9. The minimum atomic E-state index is -0.749. The number of allylic oxidation sites excluding steroid dienone is 2. The molecule has 2 rings (SSSR count). The van der Waals surface area contributed by atoms with Crippen molar-refractivity contribution < 1.29 is 9.90 Å². The lowest BCUT2D eigenvalue weighted by Gasteiger charge is -2.07. The van der Waals surface area contributed by atoms with Crippen LogP contribution in [0.5, 0.6) is 0 Å². The minimum Gasteiger partial charge on any atom is -0.481 e. The van der Waals surface area contributed by atoms with Crippen molar-refractivity contribution in [1.29, 1.82) is 0 Å². The molecule has 0 aliphatic carbocycles. The van der Waals surface area contributed by atoms with Gasteiger partial charge in [-0.25, -0.2) is 9.97 Å². The van der Waals surface area contributed by atoms with E-state index in [1.165, 1.54) is 11.2 Å². The Morgan fingerprint density at radius 2 is 1.67 bits per heavy atom. The summed E-state index contributed by atoms with van der Waals surface area (Å²) < 4.78 is 0. The van der Waals surface area contributed by atoms with E-state index in [1.54, 1.807) is 6.08 Å². The summed E-state index contributed by atoms with van der Waals surface area (Å²) in [5.74, 6) is -0.749. The third-order valence-corrected chi connectivity index (χ3v) is 5.21. The van der Waals surface area contributed by atoms with Crippen LogP contribution in [0.4, 0.5) is 5.69 Å². The Hall–Kier alpha value is -2.96. The molecule has 0 unspecified atom stereocenters. The Morgan fingerprint density at radius 3 is 2.18 bits per heavy atom. The van der Waals surface area contributed by atoms with E-state index >= 15 is 0 Å². The number of benzene rings is 1. The lowest BCUT2D eigenvalue weighted by molar-refractivity contribution is -0.137. The molecule has 0 bridgehead atoms. The molecular weight excluding hydrogens is 508 g/mol. The smallest absolute Gasteiger partial charge is 0.303 e. The first-order chi connectivity index (χ1) is 19.0. The zero-order valence-electron chi connectivity index (χ0n) is 25.0. The van der Waals surface area contributed by atoms with Crippen LogP contribution < -0.4 is 21.3 Å². The number of unbranched alkanes of at least 4 members (excludes halogenated alkanes) is 1. The predicted octanol–water partition coefficient (Wildman–Crippen LogP) is 6.49. The maximum Gasteiger partial charge on any atom is 0.303 e. The van der Waals surface area contributed by atoms with E-state index in [-0.39, 0.29) is 6.42 Å². The molecule has 2 aromatic rings. The van der Waals surface area contributed by atoms with E-state index in [2.05, 4.69) is 49.3 Å². The zero-order valence-corrected chi connectivity index (χ0v) is 25.7. The lowest BCUT2D eigenvalue weighted by Crippen LogP contribution is -2.34. The number of aryl methyl sites for hydroxylation is 1. The SMILES string of the molecule is C/C=C/Cl.C=CCc1nc(=C/C)/c(=C\CCNCC)nc1CCCCC(=O)O.CC.CCNc1ccccc1. The fourth-order valence-corrected chi connectivity index (χ4v) is 3.21. The van der Waals surface area contributed by atoms with Crippen molar-refractivity contribution >= 4 is 35.4 Å². The van der Waals surface area contributed by atoms with Crippen LogP contribution in [0.25, 0.3) is 12.2 Å². The number of aromatic nitrogens is 2. The van der Waals surface area contributed by atoms with Gasteiger partial charge in [-0.1, -0.05) is 74.9 Å². The van der Waals surface area contributed by atoms with Gasteiger partial charge in [0, 0.05) is 25.1 Å². The van der Waals surface area contributed by atoms with Gasteiger partial charge in [-0.2, -0.15) is 0 Å². The number of hydrogen-bond donors (Lipinski definition) is 3. The number of para-hydroxylation sites is 1. The first-order valence-corrected chi connectivity index (χ1v) is 14.5. The van der Waals surface area contributed by atoms with Gasteiger partial charge in [0.2, 0.25) is 0 Å². The number of aliphatic carboxylic acids is 1. The minimum absolute atomic E-state index is 0.201. The predicted molar refractivity (Wildman–Crippen MR) is 171 cm³/mol.